The van der Waals surface area contributed by atoms with Crippen molar-refractivity contribution in [2.75, 3.05) is 19.5 Å². The molecule has 152 valence electrons. The van der Waals surface area contributed by atoms with Crippen LogP contribution in [0.2, 0.25) is 0 Å². The SMILES string of the molecule is CCCOc1ccc(C(C)=NN=C2SCC(=O)N2Cc2ccc(OC)cc2)cc1. The van der Waals surface area contributed by atoms with Crippen LogP contribution in [-0.2, 0) is 11.3 Å². The summed E-state index contributed by atoms with van der Waals surface area (Å²) in [6.07, 6.45) is 0.975. The first-order chi connectivity index (χ1) is 14.1. The molecule has 0 bridgehead atoms. The summed E-state index contributed by atoms with van der Waals surface area (Å²) < 4.78 is 10.8. The molecule has 0 aliphatic carbocycles. The molecule has 1 amide bonds. The second kappa shape index (κ2) is 10.1. The van der Waals surface area contributed by atoms with Gasteiger partial charge in [0.25, 0.3) is 0 Å². The number of nitrogens with zero attached hydrogens (tertiary/aromatic N) is 3. The van der Waals surface area contributed by atoms with Gasteiger partial charge in [0.2, 0.25) is 5.91 Å². The number of hydrogen-bond acceptors (Lipinski definition) is 6. The Morgan fingerprint density at radius 2 is 1.79 bits per heavy atom. The van der Waals surface area contributed by atoms with Crippen molar-refractivity contribution in [2.24, 2.45) is 10.2 Å². The van der Waals surface area contributed by atoms with E-state index in [1.807, 2.05) is 55.5 Å². The van der Waals surface area contributed by atoms with E-state index >= 15 is 0 Å². The van der Waals surface area contributed by atoms with E-state index < -0.39 is 0 Å². The van der Waals surface area contributed by atoms with Gasteiger partial charge in [-0.3, -0.25) is 9.69 Å². The van der Waals surface area contributed by atoms with Gasteiger partial charge in [-0.15, -0.1) is 5.10 Å². The molecular weight excluding hydrogens is 386 g/mol. The highest BCUT2D eigenvalue weighted by atomic mass is 32.2. The number of amidine groups is 1. The summed E-state index contributed by atoms with van der Waals surface area (Å²) in [6.45, 7) is 5.15. The van der Waals surface area contributed by atoms with Gasteiger partial charge in [-0.05, 0) is 60.9 Å². The Balaban J connectivity index is 1.70. The quantitative estimate of drug-likeness (QED) is 0.479. The first-order valence-corrected chi connectivity index (χ1v) is 10.5. The van der Waals surface area contributed by atoms with Gasteiger partial charge < -0.3 is 9.47 Å². The van der Waals surface area contributed by atoms with E-state index in [2.05, 4.69) is 17.1 Å². The first-order valence-electron chi connectivity index (χ1n) is 9.52. The average Bonchev–Trinajstić information content (AvgIpc) is 3.10. The van der Waals surface area contributed by atoms with Crippen molar-refractivity contribution in [3.63, 3.8) is 0 Å². The zero-order valence-electron chi connectivity index (χ0n) is 16.9. The van der Waals surface area contributed by atoms with E-state index in [4.69, 9.17) is 9.47 Å². The van der Waals surface area contributed by atoms with Crippen molar-refractivity contribution in [1.29, 1.82) is 0 Å². The Morgan fingerprint density at radius 3 is 2.45 bits per heavy atom. The topological polar surface area (TPSA) is 63.5 Å². The molecular formula is C22H25N3O3S. The fraction of sp³-hybridized carbons (Fsp3) is 0.318. The van der Waals surface area contributed by atoms with Crippen LogP contribution >= 0.6 is 11.8 Å². The maximum absolute atomic E-state index is 12.3. The molecule has 6 nitrogen and oxygen atoms in total. The summed E-state index contributed by atoms with van der Waals surface area (Å²) >= 11 is 1.41. The second-order valence-electron chi connectivity index (χ2n) is 6.56. The summed E-state index contributed by atoms with van der Waals surface area (Å²) in [5.41, 5.74) is 2.76. The molecule has 1 fully saturated rings. The Morgan fingerprint density at radius 1 is 1.10 bits per heavy atom. The largest absolute Gasteiger partial charge is 0.497 e. The van der Waals surface area contributed by atoms with Crippen molar-refractivity contribution in [2.45, 2.75) is 26.8 Å². The number of benzene rings is 2. The van der Waals surface area contributed by atoms with Crippen molar-refractivity contribution in [3.05, 3.63) is 59.7 Å². The van der Waals surface area contributed by atoms with Crippen LogP contribution in [-0.4, -0.2) is 41.2 Å². The molecule has 0 aromatic heterocycles. The maximum atomic E-state index is 12.3. The van der Waals surface area contributed by atoms with Crippen LogP contribution in [0, 0.1) is 0 Å². The highest BCUT2D eigenvalue weighted by molar-refractivity contribution is 8.15. The zero-order chi connectivity index (χ0) is 20.6. The zero-order valence-corrected chi connectivity index (χ0v) is 17.7. The number of amides is 1. The van der Waals surface area contributed by atoms with Crippen molar-refractivity contribution < 1.29 is 14.3 Å². The van der Waals surface area contributed by atoms with E-state index in [0.717, 1.165) is 34.8 Å². The minimum atomic E-state index is 0.0369. The number of rotatable bonds is 8. The van der Waals surface area contributed by atoms with Gasteiger partial charge in [-0.2, -0.15) is 5.10 Å². The monoisotopic (exact) mass is 411 g/mol. The van der Waals surface area contributed by atoms with E-state index in [1.165, 1.54) is 11.8 Å². The molecule has 2 aromatic rings. The van der Waals surface area contributed by atoms with E-state index in [-0.39, 0.29) is 5.91 Å². The molecule has 1 aliphatic heterocycles. The summed E-state index contributed by atoms with van der Waals surface area (Å²) in [5, 5.41) is 9.32. The minimum absolute atomic E-state index is 0.0369. The van der Waals surface area contributed by atoms with Gasteiger partial charge in [-0.25, -0.2) is 0 Å². The summed E-state index contributed by atoms with van der Waals surface area (Å²) in [6, 6.07) is 15.5. The fourth-order valence-electron chi connectivity index (χ4n) is 2.73. The van der Waals surface area contributed by atoms with Gasteiger partial charge in [0.05, 0.1) is 31.7 Å². The highest BCUT2D eigenvalue weighted by Gasteiger charge is 2.28. The predicted molar refractivity (Wildman–Crippen MR) is 118 cm³/mol. The van der Waals surface area contributed by atoms with Crippen LogP contribution < -0.4 is 9.47 Å². The van der Waals surface area contributed by atoms with Gasteiger partial charge in [0.1, 0.15) is 11.5 Å². The van der Waals surface area contributed by atoms with Crippen LogP contribution in [0.25, 0.3) is 0 Å². The lowest BCUT2D eigenvalue weighted by molar-refractivity contribution is -0.124. The molecule has 0 radical (unpaired) electrons. The van der Waals surface area contributed by atoms with Gasteiger partial charge in [0.15, 0.2) is 5.17 Å². The molecule has 1 heterocycles. The molecule has 29 heavy (non-hydrogen) atoms. The summed E-state index contributed by atoms with van der Waals surface area (Å²) in [7, 11) is 1.63. The molecule has 0 atom stereocenters. The predicted octanol–water partition coefficient (Wildman–Crippen LogP) is 4.34. The Labute approximate surface area is 175 Å². The number of carbonyl (C=O) groups excluding carboxylic acids is 1. The van der Waals surface area contributed by atoms with Crippen LogP contribution in [0.1, 0.15) is 31.4 Å². The van der Waals surface area contributed by atoms with Crippen LogP contribution in [0.5, 0.6) is 11.5 Å². The van der Waals surface area contributed by atoms with Crippen molar-refractivity contribution >= 4 is 28.5 Å². The lowest BCUT2D eigenvalue weighted by Gasteiger charge is -2.15. The Hall–Kier alpha value is -2.80. The lowest BCUT2D eigenvalue weighted by Crippen LogP contribution is -2.28. The van der Waals surface area contributed by atoms with Crippen molar-refractivity contribution in [1.82, 2.24) is 4.90 Å². The van der Waals surface area contributed by atoms with Crippen LogP contribution in [0.15, 0.2) is 58.7 Å². The second-order valence-corrected chi connectivity index (χ2v) is 7.50. The summed E-state index contributed by atoms with van der Waals surface area (Å²) in [4.78, 5) is 14.0. The standard InChI is InChI=1S/C22H25N3O3S/c1-4-13-28-20-11-7-18(8-12-20)16(2)23-24-22-25(21(26)15-29-22)14-17-5-9-19(27-3)10-6-17/h5-12H,4,13-15H2,1-3H3. The van der Waals surface area contributed by atoms with E-state index in [0.29, 0.717) is 24.1 Å². The smallest absolute Gasteiger partial charge is 0.239 e. The fourth-order valence-corrected chi connectivity index (χ4v) is 3.56. The van der Waals surface area contributed by atoms with Gasteiger partial charge >= 0.3 is 0 Å². The average molecular weight is 412 g/mol. The minimum Gasteiger partial charge on any atom is -0.497 e. The first kappa shape index (κ1) is 20.9. The molecule has 2 aromatic carbocycles. The molecule has 3 rings (SSSR count). The van der Waals surface area contributed by atoms with Gasteiger partial charge in [-0.1, -0.05) is 30.8 Å². The number of thioether (sulfide) groups is 1. The third-order valence-electron chi connectivity index (χ3n) is 4.39. The normalized spacial score (nSPS) is 15.8. The number of carbonyl (C=O) groups is 1. The lowest BCUT2D eigenvalue weighted by atomic mass is 10.1. The Kier molecular flexibility index (Phi) is 7.30. The molecule has 0 N–H and O–H groups in total. The van der Waals surface area contributed by atoms with Crippen LogP contribution in [0.4, 0.5) is 0 Å². The molecule has 0 saturated carbocycles. The molecule has 7 heteroatoms. The molecule has 1 saturated heterocycles. The third kappa shape index (κ3) is 5.60. The van der Waals surface area contributed by atoms with Gasteiger partial charge in [0, 0.05) is 0 Å². The van der Waals surface area contributed by atoms with Crippen LogP contribution in [0.3, 0.4) is 0 Å². The number of hydrogen-bond donors (Lipinski definition) is 0. The number of ether oxygens (including phenoxy) is 2. The Bertz CT molecular complexity index is 893. The molecule has 0 spiro atoms. The maximum Gasteiger partial charge on any atom is 0.239 e. The third-order valence-corrected chi connectivity index (χ3v) is 5.34. The molecule has 0 unspecified atom stereocenters. The molecule has 1 aliphatic rings. The highest BCUT2D eigenvalue weighted by Crippen LogP contribution is 2.23. The van der Waals surface area contributed by atoms with E-state index in [1.54, 1.807) is 12.0 Å². The summed E-state index contributed by atoms with van der Waals surface area (Å²) in [5.74, 6) is 2.05. The van der Waals surface area contributed by atoms with Crippen molar-refractivity contribution in [3.8, 4) is 11.5 Å². The van der Waals surface area contributed by atoms with E-state index in [9.17, 15) is 4.79 Å². The number of methoxy groups -OCH3 is 1.